The van der Waals surface area contributed by atoms with Crippen LogP contribution >= 0.6 is 11.6 Å². The van der Waals surface area contributed by atoms with Crippen molar-refractivity contribution >= 4 is 23.3 Å². The average Bonchev–Trinajstić information content (AvgIpc) is 2.52. The first-order valence-corrected chi connectivity index (χ1v) is 7.18. The van der Waals surface area contributed by atoms with E-state index in [9.17, 15) is 14.7 Å². The van der Waals surface area contributed by atoms with E-state index in [1.165, 1.54) is 0 Å². The molecule has 2 rings (SSSR count). The molecular weight excluding hydrogens is 302 g/mol. The molecule has 0 aliphatic heterocycles. The Morgan fingerprint density at radius 1 is 1.14 bits per heavy atom. The predicted octanol–water partition coefficient (Wildman–Crippen LogP) is 2.68. The van der Waals surface area contributed by atoms with Gasteiger partial charge in [-0.05, 0) is 13.0 Å². The number of carbonyl (C=O) groups is 2. The molecule has 0 fully saturated rings. The van der Waals surface area contributed by atoms with Crippen molar-refractivity contribution in [2.45, 2.75) is 13.0 Å². The number of Topliss-reactive ketones (excluding diaryl/α,β-unsaturated/α-hetero) is 1. The van der Waals surface area contributed by atoms with Gasteiger partial charge < -0.3 is 10.4 Å². The third kappa shape index (κ3) is 3.93. The zero-order valence-corrected chi connectivity index (χ0v) is 12.8. The summed E-state index contributed by atoms with van der Waals surface area (Å²) in [6.45, 7) is 1.81. The molecule has 2 N–H and O–H groups in total. The molecule has 5 heteroatoms. The number of halogens is 1. The number of carbonyl (C=O) groups excluding carboxylic acids is 2. The first-order chi connectivity index (χ1) is 10.5. The molecule has 2 aromatic rings. The highest BCUT2D eigenvalue weighted by molar-refractivity contribution is 6.42. The van der Waals surface area contributed by atoms with Gasteiger partial charge in [-0.3, -0.25) is 9.59 Å². The van der Waals surface area contributed by atoms with Gasteiger partial charge in [0, 0.05) is 22.7 Å². The van der Waals surface area contributed by atoms with Crippen molar-refractivity contribution in [3.63, 3.8) is 0 Å². The van der Waals surface area contributed by atoms with Crippen molar-refractivity contribution in [3.05, 3.63) is 70.2 Å². The summed E-state index contributed by atoms with van der Waals surface area (Å²) in [5.74, 6) is -1.39. The number of aryl methyl sites for hydroxylation is 1. The molecule has 0 heterocycles. The van der Waals surface area contributed by atoms with Crippen LogP contribution in [0.3, 0.4) is 0 Å². The van der Waals surface area contributed by atoms with Crippen LogP contribution in [0.1, 0.15) is 27.6 Å². The zero-order valence-electron chi connectivity index (χ0n) is 12.0. The van der Waals surface area contributed by atoms with Crippen molar-refractivity contribution in [2.24, 2.45) is 0 Å². The molecule has 0 radical (unpaired) electrons. The van der Waals surface area contributed by atoms with Crippen molar-refractivity contribution in [3.8, 4) is 0 Å². The largest absolute Gasteiger partial charge is 0.387 e. The second-order valence-electron chi connectivity index (χ2n) is 4.94. The minimum absolute atomic E-state index is 0.0832. The Labute approximate surface area is 133 Å². The molecule has 0 bridgehead atoms. The number of aliphatic hydroxyl groups excluding tert-OH is 1. The van der Waals surface area contributed by atoms with Crippen LogP contribution < -0.4 is 5.32 Å². The molecule has 0 aliphatic carbocycles. The maximum absolute atomic E-state index is 12.0. The Bertz CT molecular complexity index is 683. The number of aliphatic hydroxyl groups is 1. The molecule has 22 heavy (non-hydrogen) atoms. The van der Waals surface area contributed by atoms with Crippen LogP contribution in [0.25, 0.3) is 0 Å². The lowest BCUT2D eigenvalue weighted by atomic mass is 10.1. The summed E-state index contributed by atoms with van der Waals surface area (Å²) in [5.41, 5.74) is 1.83. The number of hydrogen-bond acceptors (Lipinski definition) is 3. The summed E-state index contributed by atoms with van der Waals surface area (Å²) in [7, 11) is 0. The Morgan fingerprint density at radius 3 is 2.41 bits per heavy atom. The highest BCUT2D eigenvalue weighted by atomic mass is 35.5. The van der Waals surface area contributed by atoms with Crippen molar-refractivity contribution in [2.75, 3.05) is 6.54 Å². The standard InChI is InChI=1S/C17H16ClNO3/c1-11-6-8-12(9-7-11)16(21)17(22)19-10-15(20)13-4-2-3-5-14(13)18/h2-9,15,20H,10H2,1H3,(H,19,22). The average molecular weight is 318 g/mol. The van der Waals surface area contributed by atoms with Gasteiger partial charge >= 0.3 is 0 Å². The summed E-state index contributed by atoms with van der Waals surface area (Å²) >= 11 is 5.97. The van der Waals surface area contributed by atoms with Crippen LogP contribution in [0.2, 0.25) is 5.02 Å². The fourth-order valence-electron chi connectivity index (χ4n) is 1.96. The number of rotatable bonds is 5. The maximum atomic E-state index is 12.0. The predicted molar refractivity (Wildman–Crippen MR) is 84.9 cm³/mol. The normalized spacial score (nSPS) is 11.8. The third-order valence-corrected chi connectivity index (χ3v) is 3.58. The van der Waals surface area contributed by atoms with E-state index in [-0.39, 0.29) is 6.54 Å². The molecule has 0 aliphatic rings. The molecule has 1 unspecified atom stereocenters. The van der Waals surface area contributed by atoms with Gasteiger partial charge in [-0.1, -0.05) is 59.6 Å². The maximum Gasteiger partial charge on any atom is 0.292 e. The van der Waals surface area contributed by atoms with Gasteiger partial charge in [0.15, 0.2) is 0 Å². The van der Waals surface area contributed by atoms with Gasteiger partial charge in [-0.25, -0.2) is 0 Å². The molecule has 4 nitrogen and oxygen atoms in total. The van der Waals surface area contributed by atoms with Crippen LogP contribution in [-0.2, 0) is 4.79 Å². The summed E-state index contributed by atoms with van der Waals surface area (Å²) in [6, 6.07) is 13.5. The quantitative estimate of drug-likeness (QED) is 0.658. The van der Waals surface area contributed by atoms with Crippen molar-refractivity contribution in [1.82, 2.24) is 5.32 Å². The molecule has 0 saturated heterocycles. The van der Waals surface area contributed by atoms with Gasteiger partial charge in [0.25, 0.3) is 5.91 Å². The van der Waals surface area contributed by atoms with E-state index >= 15 is 0 Å². The van der Waals surface area contributed by atoms with Crippen molar-refractivity contribution in [1.29, 1.82) is 0 Å². The van der Waals surface area contributed by atoms with E-state index in [0.29, 0.717) is 16.1 Å². The van der Waals surface area contributed by atoms with E-state index in [1.807, 2.05) is 6.92 Å². The number of nitrogens with one attached hydrogen (secondary N) is 1. The van der Waals surface area contributed by atoms with E-state index in [1.54, 1.807) is 48.5 Å². The monoisotopic (exact) mass is 317 g/mol. The van der Waals surface area contributed by atoms with E-state index in [0.717, 1.165) is 5.56 Å². The number of ketones is 1. The van der Waals surface area contributed by atoms with Crippen LogP contribution in [-0.4, -0.2) is 23.3 Å². The highest BCUT2D eigenvalue weighted by Crippen LogP contribution is 2.21. The summed E-state index contributed by atoms with van der Waals surface area (Å²) in [6.07, 6.45) is -0.969. The van der Waals surface area contributed by atoms with Gasteiger partial charge in [0.2, 0.25) is 5.78 Å². The minimum atomic E-state index is -0.969. The number of benzene rings is 2. The topological polar surface area (TPSA) is 66.4 Å². The molecule has 0 saturated carbocycles. The second-order valence-corrected chi connectivity index (χ2v) is 5.35. The molecular formula is C17H16ClNO3. The SMILES string of the molecule is Cc1ccc(C(=O)C(=O)NCC(O)c2ccccc2Cl)cc1. The van der Waals surface area contributed by atoms with Crippen LogP contribution in [0.5, 0.6) is 0 Å². The van der Waals surface area contributed by atoms with Gasteiger partial charge in [0.05, 0.1) is 6.10 Å². The molecule has 1 atom stereocenters. The molecule has 2 aromatic carbocycles. The number of hydrogen-bond donors (Lipinski definition) is 2. The Morgan fingerprint density at radius 2 is 1.77 bits per heavy atom. The van der Waals surface area contributed by atoms with Gasteiger partial charge in [-0.15, -0.1) is 0 Å². The van der Waals surface area contributed by atoms with E-state index < -0.39 is 17.8 Å². The first kappa shape index (κ1) is 16.2. The minimum Gasteiger partial charge on any atom is -0.387 e. The summed E-state index contributed by atoms with van der Waals surface area (Å²) in [4.78, 5) is 23.8. The van der Waals surface area contributed by atoms with E-state index in [2.05, 4.69) is 5.32 Å². The van der Waals surface area contributed by atoms with Crippen LogP contribution in [0.4, 0.5) is 0 Å². The fraction of sp³-hybridized carbons (Fsp3) is 0.176. The van der Waals surface area contributed by atoms with Crippen LogP contribution in [0.15, 0.2) is 48.5 Å². The van der Waals surface area contributed by atoms with Gasteiger partial charge in [0.1, 0.15) is 0 Å². The smallest absolute Gasteiger partial charge is 0.292 e. The third-order valence-electron chi connectivity index (χ3n) is 3.24. The second kappa shape index (κ2) is 7.20. The Kier molecular flexibility index (Phi) is 5.31. The molecule has 114 valence electrons. The molecule has 1 amide bonds. The van der Waals surface area contributed by atoms with Gasteiger partial charge in [-0.2, -0.15) is 0 Å². The fourth-order valence-corrected chi connectivity index (χ4v) is 2.22. The highest BCUT2D eigenvalue weighted by Gasteiger charge is 2.18. The summed E-state index contributed by atoms with van der Waals surface area (Å²) < 4.78 is 0. The summed E-state index contributed by atoms with van der Waals surface area (Å²) in [5, 5.41) is 12.9. The lowest BCUT2D eigenvalue weighted by Crippen LogP contribution is -2.34. The Balaban J connectivity index is 1.96. The Hall–Kier alpha value is -2.17. The molecule has 0 aromatic heterocycles. The lowest BCUT2D eigenvalue weighted by molar-refractivity contribution is -0.117. The zero-order chi connectivity index (χ0) is 16.1. The van der Waals surface area contributed by atoms with E-state index in [4.69, 9.17) is 11.6 Å². The van der Waals surface area contributed by atoms with Crippen molar-refractivity contribution < 1.29 is 14.7 Å². The number of amides is 1. The first-order valence-electron chi connectivity index (χ1n) is 6.80. The molecule has 0 spiro atoms. The lowest BCUT2D eigenvalue weighted by Gasteiger charge is -2.13. The van der Waals surface area contributed by atoms with Crippen LogP contribution in [0, 0.1) is 6.92 Å².